The molecule has 3 aromatic rings. The Morgan fingerprint density at radius 3 is 2.67 bits per heavy atom. The molecule has 0 N–H and O–H groups in total. The van der Waals surface area contributed by atoms with Gasteiger partial charge in [0.05, 0.1) is 6.54 Å². The van der Waals surface area contributed by atoms with Crippen LogP contribution in [0.15, 0.2) is 48.7 Å². The Hall–Kier alpha value is -2.16. The highest BCUT2D eigenvalue weighted by Crippen LogP contribution is 2.16. The first-order valence-electron chi connectivity index (χ1n) is 6.22. The van der Waals surface area contributed by atoms with Crippen LogP contribution in [0.2, 0.25) is 0 Å². The molecule has 0 unspecified atom stereocenters. The summed E-state index contributed by atoms with van der Waals surface area (Å²) >= 11 is 0. The molecule has 3 rings (SSSR count). The van der Waals surface area contributed by atoms with Crippen molar-refractivity contribution < 1.29 is 0 Å². The second-order valence-corrected chi connectivity index (χ2v) is 4.30. The van der Waals surface area contributed by atoms with E-state index in [0.29, 0.717) is 0 Å². The molecule has 0 amide bonds. The van der Waals surface area contributed by atoms with Gasteiger partial charge >= 0.3 is 0 Å². The van der Waals surface area contributed by atoms with Gasteiger partial charge in [0.25, 0.3) is 0 Å². The second kappa shape index (κ2) is 4.61. The fourth-order valence-electron chi connectivity index (χ4n) is 2.21. The predicted molar refractivity (Wildman–Crippen MR) is 72.5 cm³/mol. The van der Waals surface area contributed by atoms with Crippen molar-refractivity contribution in [2.24, 2.45) is 0 Å². The average molecular weight is 237 g/mol. The number of fused-ring (bicyclic) bond motifs is 1. The lowest BCUT2D eigenvalue weighted by molar-refractivity contribution is 0.746. The van der Waals surface area contributed by atoms with Crippen LogP contribution in [0.3, 0.4) is 0 Å². The third kappa shape index (κ3) is 1.88. The minimum atomic E-state index is 0.831. The van der Waals surface area contributed by atoms with Crippen molar-refractivity contribution in [2.75, 3.05) is 0 Å². The summed E-state index contributed by atoms with van der Waals surface area (Å²) in [5, 5.41) is 0. The van der Waals surface area contributed by atoms with Crippen LogP contribution in [0.1, 0.15) is 18.3 Å². The maximum absolute atomic E-state index is 4.63. The van der Waals surface area contributed by atoms with Gasteiger partial charge in [-0.3, -0.25) is 0 Å². The molecule has 3 nitrogen and oxygen atoms in total. The SMILES string of the molecule is CCc1nc2cccnc2n1Cc1ccccc1. The van der Waals surface area contributed by atoms with Gasteiger partial charge in [-0.1, -0.05) is 37.3 Å². The molecule has 0 saturated heterocycles. The largest absolute Gasteiger partial charge is 0.308 e. The second-order valence-electron chi connectivity index (χ2n) is 4.30. The number of pyridine rings is 1. The van der Waals surface area contributed by atoms with Crippen LogP contribution >= 0.6 is 0 Å². The van der Waals surface area contributed by atoms with Gasteiger partial charge in [-0.25, -0.2) is 9.97 Å². The molecular formula is C15H15N3. The standard InChI is InChI=1S/C15H15N3/c1-2-14-17-13-9-6-10-16-15(13)18(14)11-12-7-4-3-5-8-12/h3-10H,2,11H2,1H3. The molecular weight excluding hydrogens is 222 g/mol. The van der Waals surface area contributed by atoms with Gasteiger partial charge in [0.1, 0.15) is 11.3 Å². The molecule has 0 aliphatic heterocycles. The normalized spacial score (nSPS) is 10.9. The lowest BCUT2D eigenvalue weighted by Crippen LogP contribution is -2.04. The zero-order chi connectivity index (χ0) is 12.4. The molecule has 90 valence electrons. The maximum Gasteiger partial charge on any atom is 0.160 e. The van der Waals surface area contributed by atoms with Gasteiger partial charge in [0, 0.05) is 12.6 Å². The lowest BCUT2D eigenvalue weighted by atomic mass is 10.2. The van der Waals surface area contributed by atoms with E-state index < -0.39 is 0 Å². The van der Waals surface area contributed by atoms with Crippen molar-refractivity contribution in [3.05, 3.63) is 60.0 Å². The minimum absolute atomic E-state index is 0.831. The summed E-state index contributed by atoms with van der Waals surface area (Å²) in [7, 11) is 0. The van der Waals surface area contributed by atoms with Gasteiger partial charge in [-0.15, -0.1) is 0 Å². The Morgan fingerprint density at radius 2 is 1.89 bits per heavy atom. The van der Waals surface area contributed by atoms with E-state index in [1.54, 1.807) is 0 Å². The molecule has 18 heavy (non-hydrogen) atoms. The van der Waals surface area contributed by atoms with E-state index in [-0.39, 0.29) is 0 Å². The van der Waals surface area contributed by atoms with Crippen LogP contribution < -0.4 is 0 Å². The molecule has 0 spiro atoms. The molecule has 0 atom stereocenters. The zero-order valence-corrected chi connectivity index (χ0v) is 10.4. The van der Waals surface area contributed by atoms with Crippen LogP contribution in [0.5, 0.6) is 0 Å². The Balaban J connectivity index is 2.10. The summed E-state index contributed by atoms with van der Waals surface area (Å²) in [6, 6.07) is 14.4. The fourth-order valence-corrected chi connectivity index (χ4v) is 2.21. The molecule has 0 saturated carbocycles. The Morgan fingerprint density at radius 1 is 1.06 bits per heavy atom. The summed E-state index contributed by atoms with van der Waals surface area (Å²) in [6.45, 7) is 2.96. The van der Waals surface area contributed by atoms with Gasteiger partial charge in [0.15, 0.2) is 5.65 Å². The zero-order valence-electron chi connectivity index (χ0n) is 10.4. The number of benzene rings is 1. The van der Waals surface area contributed by atoms with Crippen LogP contribution in [-0.4, -0.2) is 14.5 Å². The van der Waals surface area contributed by atoms with Crippen LogP contribution in [0.4, 0.5) is 0 Å². The first-order chi connectivity index (χ1) is 8.88. The molecule has 1 aromatic carbocycles. The summed E-state index contributed by atoms with van der Waals surface area (Å²) in [5.41, 5.74) is 3.22. The molecule has 0 radical (unpaired) electrons. The van der Waals surface area contributed by atoms with Crippen molar-refractivity contribution in [1.29, 1.82) is 0 Å². The van der Waals surface area contributed by atoms with Crippen molar-refractivity contribution in [2.45, 2.75) is 19.9 Å². The van der Waals surface area contributed by atoms with Gasteiger partial charge < -0.3 is 4.57 Å². The summed E-state index contributed by atoms with van der Waals surface area (Å²) in [5.74, 6) is 1.09. The van der Waals surface area contributed by atoms with E-state index in [1.807, 2.05) is 24.4 Å². The maximum atomic E-state index is 4.63. The highest BCUT2D eigenvalue weighted by molar-refractivity contribution is 5.71. The van der Waals surface area contributed by atoms with Gasteiger partial charge in [-0.2, -0.15) is 0 Å². The van der Waals surface area contributed by atoms with Gasteiger partial charge in [0.2, 0.25) is 0 Å². The third-order valence-corrected chi connectivity index (χ3v) is 3.08. The molecule has 0 fully saturated rings. The molecule has 0 aliphatic rings. The summed E-state index contributed by atoms with van der Waals surface area (Å²) in [6.07, 6.45) is 2.74. The quantitative estimate of drug-likeness (QED) is 0.701. The smallest absolute Gasteiger partial charge is 0.160 e. The summed E-state index contributed by atoms with van der Waals surface area (Å²) in [4.78, 5) is 9.07. The number of rotatable bonds is 3. The highest BCUT2D eigenvalue weighted by atomic mass is 15.1. The first-order valence-corrected chi connectivity index (χ1v) is 6.22. The predicted octanol–water partition coefficient (Wildman–Crippen LogP) is 3.04. The number of aryl methyl sites for hydroxylation is 1. The lowest BCUT2D eigenvalue weighted by Gasteiger charge is -2.07. The van der Waals surface area contributed by atoms with E-state index in [2.05, 4.69) is 45.7 Å². The Kier molecular flexibility index (Phi) is 2.81. The molecule has 3 heteroatoms. The number of hydrogen-bond donors (Lipinski definition) is 0. The van der Waals surface area contributed by atoms with Crippen LogP contribution in [0, 0.1) is 0 Å². The third-order valence-electron chi connectivity index (χ3n) is 3.08. The molecule has 2 heterocycles. The van der Waals surface area contributed by atoms with Crippen LogP contribution in [-0.2, 0) is 13.0 Å². The summed E-state index contributed by atoms with van der Waals surface area (Å²) < 4.78 is 2.20. The first kappa shape index (κ1) is 11.0. The molecule has 0 bridgehead atoms. The van der Waals surface area contributed by atoms with Gasteiger partial charge in [-0.05, 0) is 17.7 Å². The molecule has 2 aromatic heterocycles. The number of imidazole rings is 1. The van der Waals surface area contributed by atoms with E-state index in [4.69, 9.17) is 0 Å². The fraction of sp³-hybridized carbons (Fsp3) is 0.200. The average Bonchev–Trinajstić information content (AvgIpc) is 2.78. The Bertz CT molecular complexity index is 656. The van der Waals surface area contributed by atoms with E-state index in [9.17, 15) is 0 Å². The molecule has 0 aliphatic carbocycles. The minimum Gasteiger partial charge on any atom is -0.308 e. The van der Waals surface area contributed by atoms with Crippen molar-refractivity contribution in [1.82, 2.24) is 14.5 Å². The van der Waals surface area contributed by atoms with Crippen molar-refractivity contribution >= 4 is 11.2 Å². The Labute approximate surface area is 106 Å². The van der Waals surface area contributed by atoms with E-state index >= 15 is 0 Å². The number of hydrogen-bond acceptors (Lipinski definition) is 2. The number of aromatic nitrogens is 3. The monoisotopic (exact) mass is 237 g/mol. The van der Waals surface area contributed by atoms with E-state index in [1.165, 1.54) is 5.56 Å². The highest BCUT2D eigenvalue weighted by Gasteiger charge is 2.09. The van der Waals surface area contributed by atoms with Crippen molar-refractivity contribution in [3.63, 3.8) is 0 Å². The van der Waals surface area contributed by atoms with Crippen LogP contribution in [0.25, 0.3) is 11.2 Å². The topological polar surface area (TPSA) is 30.7 Å². The number of nitrogens with zero attached hydrogens (tertiary/aromatic N) is 3. The van der Waals surface area contributed by atoms with E-state index in [0.717, 1.165) is 30.0 Å². The van der Waals surface area contributed by atoms with Crippen molar-refractivity contribution in [3.8, 4) is 0 Å².